The van der Waals surface area contributed by atoms with Gasteiger partial charge in [0.05, 0.1) is 18.1 Å². The fourth-order valence-electron chi connectivity index (χ4n) is 2.29. The van der Waals surface area contributed by atoms with Gasteiger partial charge in [-0.2, -0.15) is 5.10 Å². The third-order valence-electron chi connectivity index (χ3n) is 3.17. The number of rotatable bonds is 4. The summed E-state index contributed by atoms with van der Waals surface area (Å²) in [7, 11) is 0. The van der Waals surface area contributed by atoms with E-state index < -0.39 is 0 Å². The zero-order chi connectivity index (χ0) is 14.8. The average molecular weight is 285 g/mol. The molecule has 0 bridgehead atoms. The van der Waals surface area contributed by atoms with Crippen LogP contribution in [0.4, 0.5) is 10.2 Å². The number of nitrogens with one attached hydrogen (secondary N) is 1. The third kappa shape index (κ3) is 2.69. The SMILES string of the molecule is CCNc1nc(C)nc2c1cnn2Cc1cccc(F)c1. The lowest BCUT2D eigenvalue weighted by Crippen LogP contribution is -2.06. The Bertz CT molecular complexity index is 781. The second kappa shape index (κ2) is 5.47. The number of benzene rings is 1. The van der Waals surface area contributed by atoms with Gasteiger partial charge in [-0.05, 0) is 31.5 Å². The van der Waals surface area contributed by atoms with E-state index in [0.29, 0.717) is 12.4 Å². The first-order valence-electron chi connectivity index (χ1n) is 6.86. The van der Waals surface area contributed by atoms with Crippen LogP contribution in [-0.4, -0.2) is 26.3 Å². The molecule has 1 aromatic carbocycles. The highest BCUT2D eigenvalue weighted by Crippen LogP contribution is 2.20. The Morgan fingerprint density at radius 2 is 2.14 bits per heavy atom. The number of hydrogen-bond acceptors (Lipinski definition) is 4. The third-order valence-corrected chi connectivity index (χ3v) is 3.17. The van der Waals surface area contributed by atoms with Gasteiger partial charge < -0.3 is 5.32 Å². The van der Waals surface area contributed by atoms with Gasteiger partial charge in [0, 0.05) is 6.54 Å². The van der Waals surface area contributed by atoms with Gasteiger partial charge in [0.2, 0.25) is 0 Å². The van der Waals surface area contributed by atoms with Crippen molar-refractivity contribution in [2.24, 2.45) is 0 Å². The summed E-state index contributed by atoms with van der Waals surface area (Å²) in [6, 6.07) is 6.50. The quantitative estimate of drug-likeness (QED) is 0.801. The summed E-state index contributed by atoms with van der Waals surface area (Å²) in [5, 5.41) is 8.44. The van der Waals surface area contributed by atoms with Crippen molar-refractivity contribution in [1.82, 2.24) is 19.7 Å². The Morgan fingerprint density at radius 3 is 2.90 bits per heavy atom. The highest BCUT2D eigenvalue weighted by Gasteiger charge is 2.11. The molecule has 1 N–H and O–H groups in total. The monoisotopic (exact) mass is 285 g/mol. The van der Waals surface area contributed by atoms with E-state index in [1.165, 1.54) is 12.1 Å². The van der Waals surface area contributed by atoms with Crippen molar-refractivity contribution in [3.63, 3.8) is 0 Å². The van der Waals surface area contributed by atoms with Crippen LogP contribution in [0.1, 0.15) is 18.3 Å². The zero-order valence-corrected chi connectivity index (χ0v) is 12.0. The number of anilines is 1. The first-order valence-corrected chi connectivity index (χ1v) is 6.86. The summed E-state index contributed by atoms with van der Waals surface area (Å²) in [6.07, 6.45) is 1.74. The van der Waals surface area contributed by atoms with Crippen LogP contribution >= 0.6 is 0 Å². The molecular formula is C15H16FN5. The van der Waals surface area contributed by atoms with Crippen LogP contribution in [0.3, 0.4) is 0 Å². The highest BCUT2D eigenvalue weighted by molar-refractivity contribution is 5.86. The smallest absolute Gasteiger partial charge is 0.163 e. The van der Waals surface area contributed by atoms with Crippen molar-refractivity contribution < 1.29 is 4.39 Å². The number of halogens is 1. The van der Waals surface area contributed by atoms with E-state index >= 15 is 0 Å². The molecular weight excluding hydrogens is 269 g/mol. The molecule has 2 aromatic heterocycles. The van der Waals surface area contributed by atoms with E-state index in [4.69, 9.17) is 0 Å². The van der Waals surface area contributed by atoms with Gasteiger partial charge in [-0.3, -0.25) is 0 Å². The molecule has 2 heterocycles. The summed E-state index contributed by atoms with van der Waals surface area (Å²) in [4.78, 5) is 8.84. The predicted molar refractivity (Wildman–Crippen MR) is 79.7 cm³/mol. The maximum Gasteiger partial charge on any atom is 0.163 e. The Balaban J connectivity index is 2.03. The molecule has 6 heteroatoms. The van der Waals surface area contributed by atoms with E-state index in [1.54, 1.807) is 16.9 Å². The van der Waals surface area contributed by atoms with Gasteiger partial charge in [0.15, 0.2) is 5.65 Å². The summed E-state index contributed by atoms with van der Waals surface area (Å²) >= 11 is 0. The number of aromatic nitrogens is 4. The first-order chi connectivity index (χ1) is 10.2. The number of hydrogen-bond donors (Lipinski definition) is 1. The Hall–Kier alpha value is -2.50. The Kier molecular flexibility index (Phi) is 3.51. The second-order valence-corrected chi connectivity index (χ2v) is 4.82. The molecule has 108 valence electrons. The van der Waals surface area contributed by atoms with Crippen LogP contribution in [-0.2, 0) is 6.54 Å². The molecule has 5 nitrogen and oxygen atoms in total. The summed E-state index contributed by atoms with van der Waals surface area (Å²) in [5.41, 5.74) is 1.60. The molecule has 0 atom stereocenters. The van der Waals surface area contributed by atoms with Gasteiger partial charge in [-0.1, -0.05) is 12.1 Å². The lowest BCUT2D eigenvalue weighted by atomic mass is 10.2. The van der Waals surface area contributed by atoms with Gasteiger partial charge in [0.1, 0.15) is 17.5 Å². The van der Waals surface area contributed by atoms with Crippen LogP contribution < -0.4 is 5.32 Å². The van der Waals surface area contributed by atoms with Crippen LogP contribution in [0.5, 0.6) is 0 Å². The fraction of sp³-hybridized carbons (Fsp3) is 0.267. The molecule has 3 rings (SSSR count). The largest absolute Gasteiger partial charge is 0.370 e. The minimum absolute atomic E-state index is 0.247. The Labute approximate surface area is 121 Å². The van der Waals surface area contributed by atoms with Crippen LogP contribution in [0.2, 0.25) is 0 Å². The molecule has 0 saturated carbocycles. The van der Waals surface area contributed by atoms with Crippen molar-refractivity contribution >= 4 is 16.9 Å². The molecule has 0 saturated heterocycles. The topological polar surface area (TPSA) is 55.6 Å². The predicted octanol–water partition coefficient (Wildman–Crippen LogP) is 2.75. The molecule has 0 spiro atoms. The fourth-order valence-corrected chi connectivity index (χ4v) is 2.29. The van der Waals surface area contributed by atoms with Crippen LogP contribution in [0, 0.1) is 12.7 Å². The van der Waals surface area contributed by atoms with E-state index in [2.05, 4.69) is 20.4 Å². The molecule has 0 aliphatic rings. The van der Waals surface area contributed by atoms with Crippen molar-refractivity contribution in [3.8, 4) is 0 Å². The maximum atomic E-state index is 13.3. The molecule has 0 aliphatic carbocycles. The van der Waals surface area contributed by atoms with Crippen molar-refractivity contribution in [3.05, 3.63) is 47.7 Å². The lowest BCUT2D eigenvalue weighted by molar-refractivity contribution is 0.620. The normalized spacial score (nSPS) is 11.0. The summed E-state index contributed by atoms with van der Waals surface area (Å²) in [5.74, 6) is 1.22. The highest BCUT2D eigenvalue weighted by atomic mass is 19.1. The molecule has 0 fully saturated rings. The minimum atomic E-state index is -0.247. The molecule has 0 radical (unpaired) electrons. The van der Waals surface area contributed by atoms with E-state index in [9.17, 15) is 4.39 Å². The first kappa shape index (κ1) is 13.5. The molecule has 21 heavy (non-hydrogen) atoms. The lowest BCUT2D eigenvalue weighted by Gasteiger charge is -2.07. The van der Waals surface area contributed by atoms with Crippen LogP contribution in [0.25, 0.3) is 11.0 Å². The standard InChI is InChI=1S/C15H16FN5/c1-3-17-14-13-8-18-21(15(13)20-10(2)19-14)9-11-5-4-6-12(16)7-11/h4-8H,3,9H2,1-2H3,(H,17,19,20). The maximum absolute atomic E-state index is 13.3. The van der Waals surface area contributed by atoms with E-state index in [1.807, 2.05) is 19.9 Å². The number of fused-ring (bicyclic) bond motifs is 1. The van der Waals surface area contributed by atoms with Crippen molar-refractivity contribution in [1.29, 1.82) is 0 Å². The van der Waals surface area contributed by atoms with Crippen molar-refractivity contribution in [2.75, 3.05) is 11.9 Å². The van der Waals surface area contributed by atoms with Gasteiger partial charge >= 0.3 is 0 Å². The van der Waals surface area contributed by atoms with Gasteiger partial charge in [0.25, 0.3) is 0 Å². The number of nitrogens with zero attached hydrogens (tertiary/aromatic N) is 4. The summed E-state index contributed by atoms with van der Waals surface area (Å²) < 4.78 is 15.0. The van der Waals surface area contributed by atoms with E-state index in [-0.39, 0.29) is 5.82 Å². The minimum Gasteiger partial charge on any atom is -0.370 e. The summed E-state index contributed by atoms with van der Waals surface area (Å²) in [6.45, 7) is 5.12. The van der Waals surface area contributed by atoms with Crippen molar-refractivity contribution in [2.45, 2.75) is 20.4 Å². The molecule has 0 aliphatic heterocycles. The molecule has 0 unspecified atom stereocenters. The van der Waals surface area contributed by atoms with Gasteiger partial charge in [-0.25, -0.2) is 19.0 Å². The molecule has 3 aromatic rings. The van der Waals surface area contributed by atoms with E-state index in [0.717, 1.165) is 29.0 Å². The van der Waals surface area contributed by atoms with Gasteiger partial charge in [-0.15, -0.1) is 0 Å². The Morgan fingerprint density at radius 1 is 1.29 bits per heavy atom. The van der Waals surface area contributed by atoms with Crippen LogP contribution in [0.15, 0.2) is 30.5 Å². The second-order valence-electron chi connectivity index (χ2n) is 4.82. The molecule has 0 amide bonds. The average Bonchev–Trinajstić information content (AvgIpc) is 2.82. The number of aryl methyl sites for hydroxylation is 1. The zero-order valence-electron chi connectivity index (χ0n) is 12.0.